The van der Waals surface area contributed by atoms with Gasteiger partial charge in [-0.2, -0.15) is 4.31 Å². The van der Waals surface area contributed by atoms with E-state index in [0.29, 0.717) is 42.5 Å². The number of anilines is 1. The number of halogens is 1. The average Bonchev–Trinajstić information content (AvgIpc) is 3.21. The number of sulfonamides is 1. The molecule has 2 amide bonds. The molecule has 0 N–H and O–H groups in total. The van der Waals surface area contributed by atoms with E-state index in [4.69, 9.17) is 0 Å². The van der Waals surface area contributed by atoms with Crippen molar-refractivity contribution in [3.63, 3.8) is 0 Å². The first kappa shape index (κ1) is 23.9. The SMILES string of the molecule is CC(=O)N1CCc2cc(Br)c(S(=O)(=O)N3CCC(C(=O)N(C)Cc4ccccc4)CC3)cc21. The summed E-state index contributed by atoms with van der Waals surface area (Å²) in [4.78, 5) is 28.4. The highest BCUT2D eigenvalue weighted by Gasteiger charge is 2.35. The standard InChI is InChI=1S/C24H28BrN3O4S/c1-17(29)28-13-10-20-14-21(25)23(15-22(20)28)33(31,32)27-11-8-19(9-12-27)24(30)26(2)16-18-6-4-3-5-7-18/h3-7,14-15,19H,8-13,16H2,1-2H3. The Bertz CT molecular complexity index is 1160. The summed E-state index contributed by atoms with van der Waals surface area (Å²) in [7, 11) is -1.97. The number of nitrogens with zero attached hydrogens (tertiary/aromatic N) is 3. The van der Waals surface area contributed by atoms with Crippen molar-refractivity contribution in [2.75, 3.05) is 31.6 Å². The van der Waals surface area contributed by atoms with Crippen LogP contribution in [-0.4, -0.2) is 56.1 Å². The lowest BCUT2D eigenvalue weighted by Crippen LogP contribution is -2.43. The number of carbonyl (C=O) groups excluding carboxylic acids is 2. The van der Waals surface area contributed by atoms with E-state index in [-0.39, 0.29) is 35.7 Å². The van der Waals surface area contributed by atoms with Gasteiger partial charge in [0.15, 0.2) is 0 Å². The van der Waals surface area contributed by atoms with Gasteiger partial charge >= 0.3 is 0 Å². The zero-order valence-electron chi connectivity index (χ0n) is 18.8. The van der Waals surface area contributed by atoms with Crippen LogP contribution in [0.2, 0.25) is 0 Å². The van der Waals surface area contributed by atoms with Crippen molar-refractivity contribution in [2.24, 2.45) is 5.92 Å². The maximum atomic E-state index is 13.4. The molecule has 1 fully saturated rings. The zero-order valence-corrected chi connectivity index (χ0v) is 21.2. The molecule has 2 heterocycles. The van der Waals surface area contributed by atoms with Crippen LogP contribution < -0.4 is 4.90 Å². The maximum absolute atomic E-state index is 13.4. The molecule has 7 nitrogen and oxygen atoms in total. The van der Waals surface area contributed by atoms with Gasteiger partial charge in [0.1, 0.15) is 0 Å². The summed E-state index contributed by atoms with van der Waals surface area (Å²) in [6.45, 7) is 3.16. The molecule has 2 aromatic carbocycles. The number of hydrogen-bond donors (Lipinski definition) is 0. The highest BCUT2D eigenvalue weighted by Crippen LogP contribution is 2.37. The molecule has 0 bridgehead atoms. The summed E-state index contributed by atoms with van der Waals surface area (Å²) >= 11 is 3.42. The fourth-order valence-corrected chi connectivity index (χ4v) is 7.18. The van der Waals surface area contributed by atoms with Crippen molar-refractivity contribution in [1.82, 2.24) is 9.21 Å². The predicted molar refractivity (Wildman–Crippen MR) is 130 cm³/mol. The highest BCUT2D eigenvalue weighted by atomic mass is 79.9. The first-order valence-electron chi connectivity index (χ1n) is 11.1. The van der Waals surface area contributed by atoms with Gasteiger partial charge in [-0.1, -0.05) is 30.3 Å². The Balaban J connectivity index is 1.45. The summed E-state index contributed by atoms with van der Waals surface area (Å²) in [6.07, 6.45) is 1.68. The summed E-state index contributed by atoms with van der Waals surface area (Å²) in [6, 6.07) is 13.2. The van der Waals surface area contributed by atoms with Crippen molar-refractivity contribution in [2.45, 2.75) is 37.6 Å². The van der Waals surface area contributed by atoms with Crippen LogP contribution in [0.25, 0.3) is 0 Å². The van der Waals surface area contributed by atoms with Crippen LogP contribution in [0.3, 0.4) is 0 Å². The average molecular weight is 534 g/mol. The first-order valence-corrected chi connectivity index (χ1v) is 13.3. The lowest BCUT2D eigenvalue weighted by Gasteiger charge is -2.33. The van der Waals surface area contributed by atoms with Crippen molar-refractivity contribution in [1.29, 1.82) is 0 Å². The maximum Gasteiger partial charge on any atom is 0.244 e. The topological polar surface area (TPSA) is 78.0 Å². The summed E-state index contributed by atoms with van der Waals surface area (Å²) in [5, 5.41) is 0. The second-order valence-electron chi connectivity index (χ2n) is 8.69. The second kappa shape index (κ2) is 9.56. The molecule has 0 atom stereocenters. The van der Waals surface area contributed by atoms with Crippen LogP contribution in [0.5, 0.6) is 0 Å². The van der Waals surface area contributed by atoms with Gasteiger partial charge < -0.3 is 9.80 Å². The van der Waals surface area contributed by atoms with Crippen molar-refractivity contribution >= 4 is 43.5 Å². The Morgan fingerprint density at radius 2 is 1.76 bits per heavy atom. The van der Waals surface area contributed by atoms with E-state index >= 15 is 0 Å². The molecule has 0 radical (unpaired) electrons. The minimum Gasteiger partial charge on any atom is -0.341 e. The van der Waals surface area contributed by atoms with Gasteiger partial charge in [0.2, 0.25) is 21.8 Å². The minimum absolute atomic E-state index is 0.0479. The van der Waals surface area contributed by atoms with E-state index in [1.807, 2.05) is 30.3 Å². The third kappa shape index (κ3) is 4.85. The van der Waals surface area contributed by atoms with E-state index in [2.05, 4.69) is 15.9 Å². The Kier molecular flexibility index (Phi) is 6.93. The molecule has 2 aliphatic heterocycles. The second-order valence-corrected chi connectivity index (χ2v) is 11.5. The number of hydrogen-bond acceptors (Lipinski definition) is 4. The molecule has 176 valence electrons. The first-order chi connectivity index (χ1) is 15.7. The molecule has 0 saturated carbocycles. The largest absolute Gasteiger partial charge is 0.341 e. The lowest BCUT2D eigenvalue weighted by atomic mass is 9.96. The van der Waals surface area contributed by atoms with E-state index in [1.165, 1.54) is 11.2 Å². The van der Waals surface area contributed by atoms with E-state index in [1.54, 1.807) is 29.0 Å². The Hall–Kier alpha value is -2.23. The third-order valence-corrected chi connectivity index (χ3v) is 9.33. The Labute approximate surface area is 203 Å². The molecule has 0 aromatic heterocycles. The summed E-state index contributed by atoms with van der Waals surface area (Å²) in [5.74, 6) is -0.244. The van der Waals surface area contributed by atoms with Crippen LogP contribution in [0.1, 0.15) is 30.9 Å². The third-order valence-electron chi connectivity index (χ3n) is 6.47. The van der Waals surface area contributed by atoms with E-state index in [0.717, 1.165) is 11.1 Å². The number of amides is 2. The van der Waals surface area contributed by atoms with Gasteiger partial charge in [-0.3, -0.25) is 9.59 Å². The van der Waals surface area contributed by atoms with Crippen LogP contribution in [0.15, 0.2) is 51.8 Å². The smallest absolute Gasteiger partial charge is 0.244 e. The minimum atomic E-state index is -3.76. The van der Waals surface area contributed by atoms with Crippen LogP contribution >= 0.6 is 15.9 Å². The lowest BCUT2D eigenvalue weighted by molar-refractivity contribution is -0.136. The van der Waals surface area contributed by atoms with E-state index in [9.17, 15) is 18.0 Å². The Morgan fingerprint density at radius 3 is 2.39 bits per heavy atom. The Morgan fingerprint density at radius 1 is 1.09 bits per heavy atom. The van der Waals surface area contributed by atoms with Gasteiger partial charge in [0.25, 0.3) is 0 Å². The van der Waals surface area contributed by atoms with Crippen molar-refractivity contribution < 1.29 is 18.0 Å². The van der Waals surface area contributed by atoms with Crippen LogP contribution in [0.4, 0.5) is 5.69 Å². The van der Waals surface area contributed by atoms with Gasteiger partial charge in [0, 0.05) is 56.2 Å². The molecule has 0 spiro atoms. The van der Waals surface area contributed by atoms with Gasteiger partial charge in [-0.05, 0) is 58.5 Å². The van der Waals surface area contributed by atoms with Crippen LogP contribution in [-0.2, 0) is 32.6 Å². The number of fused-ring (bicyclic) bond motifs is 1. The molecule has 9 heteroatoms. The number of piperidine rings is 1. The van der Waals surface area contributed by atoms with Gasteiger partial charge in [0.05, 0.1) is 4.90 Å². The van der Waals surface area contributed by atoms with Gasteiger partial charge in [-0.15, -0.1) is 0 Å². The quantitative estimate of drug-likeness (QED) is 0.589. The molecule has 2 aromatic rings. The molecule has 33 heavy (non-hydrogen) atoms. The molecule has 2 aliphatic rings. The molecule has 0 unspecified atom stereocenters. The van der Waals surface area contributed by atoms with Crippen LogP contribution in [0, 0.1) is 5.92 Å². The summed E-state index contributed by atoms with van der Waals surface area (Å²) in [5.41, 5.74) is 2.69. The predicted octanol–water partition coefficient (Wildman–Crippen LogP) is 3.42. The van der Waals surface area contributed by atoms with Gasteiger partial charge in [-0.25, -0.2) is 8.42 Å². The normalized spacial score (nSPS) is 17.1. The number of benzene rings is 2. The fraction of sp³-hybridized carbons (Fsp3) is 0.417. The number of rotatable bonds is 5. The molecular weight excluding hydrogens is 506 g/mol. The van der Waals surface area contributed by atoms with E-state index < -0.39 is 10.0 Å². The molecule has 4 rings (SSSR count). The van der Waals surface area contributed by atoms with Crippen molar-refractivity contribution in [3.05, 3.63) is 58.1 Å². The summed E-state index contributed by atoms with van der Waals surface area (Å²) < 4.78 is 28.8. The number of carbonyl (C=O) groups is 2. The molecular formula is C24H28BrN3O4S. The monoisotopic (exact) mass is 533 g/mol. The van der Waals surface area contributed by atoms with Crippen molar-refractivity contribution in [3.8, 4) is 0 Å². The molecule has 1 saturated heterocycles. The zero-order chi connectivity index (χ0) is 23.8. The molecule has 0 aliphatic carbocycles. The fourth-order valence-electron chi connectivity index (χ4n) is 4.64. The highest BCUT2D eigenvalue weighted by molar-refractivity contribution is 9.10.